The third-order valence-electron chi connectivity index (χ3n) is 7.82. The molecule has 184 valence electrons. The lowest BCUT2D eigenvalue weighted by molar-refractivity contribution is 0.982. The number of para-hydroxylation sites is 2. The van der Waals surface area contributed by atoms with E-state index in [9.17, 15) is 0 Å². The van der Waals surface area contributed by atoms with Crippen LogP contribution in [0.5, 0.6) is 0 Å². The van der Waals surface area contributed by atoms with Crippen LogP contribution in [0.15, 0.2) is 133 Å². The molecule has 0 unspecified atom stereocenters. The highest BCUT2D eigenvalue weighted by Gasteiger charge is 2.28. The van der Waals surface area contributed by atoms with Gasteiger partial charge in [-0.25, -0.2) is 4.98 Å². The summed E-state index contributed by atoms with van der Waals surface area (Å²) in [5.41, 5.74) is 11.6. The molecule has 0 saturated carbocycles. The van der Waals surface area contributed by atoms with Gasteiger partial charge in [-0.1, -0.05) is 84.9 Å². The van der Waals surface area contributed by atoms with Gasteiger partial charge in [0.25, 0.3) is 0 Å². The third-order valence-corrected chi connectivity index (χ3v) is 7.82. The molecule has 0 saturated heterocycles. The number of hydrogen-bond donors (Lipinski definition) is 0. The highest BCUT2D eigenvalue weighted by atomic mass is 15.2. The maximum absolute atomic E-state index is 4.89. The van der Waals surface area contributed by atoms with Crippen LogP contribution >= 0.6 is 0 Å². The number of anilines is 3. The van der Waals surface area contributed by atoms with Crippen LogP contribution in [0.1, 0.15) is 5.82 Å². The molecule has 0 N–H and O–H groups in total. The van der Waals surface area contributed by atoms with E-state index in [1.807, 2.05) is 0 Å². The Kier molecular flexibility index (Phi) is 4.74. The van der Waals surface area contributed by atoms with Crippen molar-refractivity contribution in [1.82, 2.24) is 9.55 Å². The fourth-order valence-corrected chi connectivity index (χ4v) is 5.99. The summed E-state index contributed by atoms with van der Waals surface area (Å²) in [5.74, 6) is 0.999. The molecule has 39 heavy (non-hydrogen) atoms. The Bertz CT molecular complexity index is 2020. The molecule has 0 atom stereocenters. The first-order valence-corrected chi connectivity index (χ1v) is 13.3. The van der Waals surface area contributed by atoms with Crippen molar-refractivity contribution in [2.45, 2.75) is 6.92 Å². The lowest BCUT2D eigenvalue weighted by atomic mass is 9.96. The largest absolute Gasteiger partial charge is 0.306 e. The summed E-state index contributed by atoms with van der Waals surface area (Å²) in [4.78, 5) is 7.26. The molecule has 0 amide bonds. The smallest absolute Gasteiger partial charge is 0.111 e. The van der Waals surface area contributed by atoms with E-state index < -0.39 is 0 Å². The summed E-state index contributed by atoms with van der Waals surface area (Å²) in [6.07, 6.45) is 0. The molecular weight excluding hydrogens is 474 g/mol. The van der Waals surface area contributed by atoms with E-state index in [1.165, 1.54) is 33.0 Å². The third kappa shape index (κ3) is 3.40. The second-order valence-corrected chi connectivity index (χ2v) is 10.2. The Morgan fingerprint density at radius 1 is 0.487 bits per heavy atom. The molecule has 0 radical (unpaired) electrons. The summed E-state index contributed by atoms with van der Waals surface area (Å²) in [7, 11) is 0. The first-order valence-electron chi connectivity index (χ1n) is 13.3. The van der Waals surface area contributed by atoms with Gasteiger partial charge in [-0.15, -0.1) is 0 Å². The molecule has 1 aliphatic rings. The number of aromatic nitrogens is 2. The first-order chi connectivity index (χ1) is 19.2. The molecule has 0 aliphatic carbocycles. The van der Waals surface area contributed by atoms with Crippen LogP contribution in [-0.2, 0) is 0 Å². The predicted octanol–water partition coefficient (Wildman–Crippen LogP) is 9.60. The minimum absolute atomic E-state index is 0.999. The normalized spacial score (nSPS) is 12.2. The molecule has 1 aromatic heterocycles. The Hall–Kier alpha value is -5.15. The Morgan fingerprint density at radius 2 is 1.13 bits per heavy atom. The van der Waals surface area contributed by atoms with E-state index in [1.54, 1.807) is 0 Å². The van der Waals surface area contributed by atoms with E-state index in [0.717, 1.165) is 39.6 Å². The van der Waals surface area contributed by atoms with Crippen molar-refractivity contribution in [3.05, 3.63) is 139 Å². The summed E-state index contributed by atoms with van der Waals surface area (Å²) >= 11 is 0. The van der Waals surface area contributed by atoms with Crippen LogP contribution in [-0.4, -0.2) is 9.55 Å². The molecular formula is C36H25N3. The lowest BCUT2D eigenvalue weighted by Crippen LogP contribution is -2.18. The molecule has 0 fully saturated rings. The Labute approximate surface area is 227 Å². The van der Waals surface area contributed by atoms with Crippen molar-refractivity contribution in [2.75, 3.05) is 4.90 Å². The van der Waals surface area contributed by atoms with Crippen molar-refractivity contribution in [2.24, 2.45) is 0 Å². The minimum Gasteiger partial charge on any atom is -0.306 e. The van der Waals surface area contributed by atoms with Gasteiger partial charge in [0.15, 0.2) is 0 Å². The van der Waals surface area contributed by atoms with Crippen molar-refractivity contribution < 1.29 is 0 Å². The number of hydrogen-bond acceptors (Lipinski definition) is 2. The highest BCUT2D eigenvalue weighted by Crippen LogP contribution is 2.48. The fraction of sp³-hybridized carbons (Fsp3) is 0.0278. The van der Waals surface area contributed by atoms with Crippen molar-refractivity contribution in [3.63, 3.8) is 0 Å². The zero-order valence-electron chi connectivity index (χ0n) is 21.5. The van der Waals surface area contributed by atoms with E-state index in [2.05, 4.69) is 150 Å². The van der Waals surface area contributed by atoms with Crippen LogP contribution in [0.3, 0.4) is 0 Å². The van der Waals surface area contributed by atoms with Gasteiger partial charge in [0.1, 0.15) is 5.82 Å². The summed E-state index contributed by atoms with van der Waals surface area (Å²) < 4.78 is 2.30. The monoisotopic (exact) mass is 499 g/mol. The molecule has 2 heterocycles. The molecule has 8 rings (SSSR count). The van der Waals surface area contributed by atoms with E-state index in [4.69, 9.17) is 4.98 Å². The Morgan fingerprint density at radius 3 is 1.87 bits per heavy atom. The topological polar surface area (TPSA) is 21.1 Å². The number of fused-ring (bicyclic) bond motifs is 3. The van der Waals surface area contributed by atoms with Crippen LogP contribution in [0, 0.1) is 6.92 Å². The fourth-order valence-electron chi connectivity index (χ4n) is 5.99. The number of imidazole rings is 1. The van der Waals surface area contributed by atoms with Gasteiger partial charge in [0.2, 0.25) is 0 Å². The van der Waals surface area contributed by atoms with Crippen LogP contribution in [0.2, 0.25) is 0 Å². The highest BCUT2D eigenvalue weighted by molar-refractivity contribution is 6.02. The van der Waals surface area contributed by atoms with Gasteiger partial charge in [-0.3, -0.25) is 4.57 Å². The van der Waals surface area contributed by atoms with Gasteiger partial charge in [-0.05, 0) is 88.5 Å². The summed E-state index contributed by atoms with van der Waals surface area (Å²) in [5, 5.41) is 2.48. The molecule has 1 aliphatic heterocycles. The number of benzene rings is 6. The maximum atomic E-state index is 4.89. The second kappa shape index (κ2) is 8.44. The van der Waals surface area contributed by atoms with E-state index >= 15 is 0 Å². The number of rotatable bonds is 3. The minimum atomic E-state index is 0.999. The van der Waals surface area contributed by atoms with E-state index in [0.29, 0.717) is 0 Å². The summed E-state index contributed by atoms with van der Waals surface area (Å²) in [6.45, 7) is 2.09. The first kappa shape index (κ1) is 21.9. The molecule has 7 aromatic rings. The molecule has 0 bridgehead atoms. The quantitative estimate of drug-likeness (QED) is 0.241. The van der Waals surface area contributed by atoms with E-state index in [-0.39, 0.29) is 0 Å². The maximum Gasteiger partial charge on any atom is 0.111 e. The second-order valence-electron chi connectivity index (χ2n) is 10.2. The number of nitrogens with zero attached hydrogens (tertiary/aromatic N) is 3. The standard InChI is InChI=1S/C36H25N3/c1-24-37-32-13-8-14-34-36(32)38(24)33-20-19-30(23-35(33)39(34)31-11-6-3-7-12-31)29-18-17-27-21-26(15-16-28(27)22-29)25-9-4-2-5-10-25/h2-23H,1H3. The SMILES string of the molecule is Cc1nc2cccc3c2n1-c1ccc(-c2ccc4cc(-c5ccccc5)ccc4c2)cc1N3c1ccccc1. The molecule has 3 nitrogen and oxygen atoms in total. The van der Waals surface area contributed by atoms with Crippen LogP contribution in [0.25, 0.3) is 49.7 Å². The average Bonchev–Trinajstić information content (AvgIpc) is 3.34. The lowest BCUT2D eigenvalue weighted by Gasteiger charge is -2.33. The van der Waals surface area contributed by atoms with Crippen LogP contribution in [0.4, 0.5) is 17.1 Å². The van der Waals surface area contributed by atoms with Gasteiger partial charge >= 0.3 is 0 Å². The van der Waals surface area contributed by atoms with Gasteiger partial charge in [0.05, 0.1) is 28.1 Å². The zero-order valence-corrected chi connectivity index (χ0v) is 21.5. The number of aryl methyl sites for hydroxylation is 1. The van der Waals surface area contributed by atoms with Gasteiger partial charge < -0.3 is 4.90 Å². The Balaban J connectivity index is 1.29. The molecule has 6 aromatic carbocycles. The van der Waals surface area contributed by atoms with Crippen molar-refractivity contribution in [3.8, 4) is 27.9 Å². The van der Waals surface area contributed by atoms with Gasteiger partial charge in [0, 0.05) is 5.69 Å². The van der Waals surface area contributed by atoms with Gasteiger partial charge in [-0.2, -0.15) is 0 Å². The van der Waals surface area contributed by atoms with Crippen molar-refractivity contribution in [1.29, 1.82) is 0 Å². The molecule has 3 heteroatoms. The predicted molar refractivity (Wildman–Crippen MR) is 162 cm³/mol. The summed E-state index contributed by atoms with van der Waals surface area (Å²) in [6, 6.07) is 47.9. The zero-order chi connectivity index (χ0) is 25.9. The average molecular weight is 500 g/mol. The van der Waals surface area contributed by atoms with Crippen LogP contribution < -0.4 is 4.90 Å². The van der Waals surface area contributed by atoms with Crippen molar-refractivity contribution >= 4 is 38.9 Å². The molecule has 0 spiro atoms.